The van der Waals surface area contributed by atoms with Crippen molar-refractivity contribution in [1.82, 2.24) is 0 Å². The summed E-state index contributed by atoms with van der Waals surface area (Å²) in [6, 6.07) is 0. The van der Waals surface area contributed by atoms with Crippen LogP contribution < -0.4 is 0 Å². The van der Waals surface area contributed by atoms with Crippen LogP contribution in [-0.2, 0) is 50.9 Å². The lowest BCUT2D eigenvalue weighted by Gasteiger charge is -2.44. The van der Waals surface area contributed by atoms with Gasteiger partial charge in [-0.1, -0.05) is 84.0 Å². The van der Waals surface area contributed by atoms with Crippen LogP contribution in [0.2, 0.25) is 0 Å². The predicted octanol–water partition coefficient (Wildman–Crippen LogP) is 2.13. The van der Waals surface area contributed by atoms with E-state index in [4.69, 9.17) is 24.9 Å². The zero-order valence-electron chi connectivity index (χ0n) is 33.8. The van der Waals surface area contributed by atoms with Gasteiger partial charge in [0.25, 0.3) is 0 Å². The Kier molecular flexibility index (Phi) is 28.0. The van der Waals surface area contributed by atoms with Gasteiger partial charge >= 0.3 is 35.4 Å². The molecule has 4 unspecified atom stereocenters. The van der Waals surface area contributed by atoms with E-state index in [0.717, 1.165) is 25.7 Å². The van der Waals surface area contributed by atoms with Gasteiger partial charge in [-0.05, 0) is 77.5 Å². The van der Waals surface area contributed by atoms with Gasteiger partial charge in [-0.25, -0.2) is 18.5 Å². The molecular weight excluding hydrogens is 877 g/mol. The number of ether oxygens (including phenoxy) is 2. The lowest BCUT2D eigenvalue weighted by Crippen LogP contribution is -2.65. The summed E-state index contributed by atoms with van der Waals surface area (Å²) in [5.74, 6) is 27.6. The molecule has 62 heavy (non-hydrogen) atoms. The van der Waals surface area contributed by atoms with E-state index in [1.165, 1.54) is 44.9 Å². The van der Waals surface area contributed by atoms with Crippen LogP contribution in [0, 0.1) is 83.4 Å². The Balaban J connectivity index is 2.96. The second-order valence-electron chi connectivity index (χ2n) is 13.3. The Morgan fingerprint density at radius 3 is 1.45 bits per heavy atom. The summed E-state index contributed by atoms with van der Waals surface area (Å²) in [4.78, 5) is 72.4. The molecule has 1 rings (SSSR count). The summed E-state index contributed by atoms with van der Waals surface area (Å²) in [6.45, 7) is 0.353. The van der Waals surface area contributed by atoms with Crippen molar-refractivity contribution >= 4 is 35.4 Å². The van der Waals surface area contributed by atoms with Crippen molar-refractivity contribution in [2.24, 2.45) is 0 Å². The Morgan fingerprint density at radius 1 is 0.565 bits per heavy atom. The van der Waals surface area contributed by atoms with Crippen LogP contribution in [0.3, 0.4) is 0 Å². The van der Waals surface area contributed by atoms with Crippen molar-refractivity contribution in [2.45, 2.75) is 140 Å². The molecule has 1 aliphatic carbocycles. The van der Waals surface area contributed by atoms with Crippen molar-refractivity contribution in [3.8, 4) is 83.4 Å². The van der Waals surface area contributed by atoms with Crippen molar-refractivity contribution in [3.05, 3.63) is 0 Å². The Labute approximate surface area is 361 Å². The zero-order chi connectivity index (χ0) is 46.4. The monoisotopic (exact) mass is 928 g/mol. The van der Waals surface area contributed by atoms with Crippen LogP contribution in [-0.4, -0.2) is 108 Å². The van der Waals surface area contributed by atoms with Crippen LogP contribution in [0.5, 0.6) is 0 Å². The second-order valence-corrected chi connectivity index (χ2v) is 17.1. The number of unbranched alkanes of at least 4 members (excludes halogenated alkanes) is 12. The largest absolute Gasteiger partial charge is 0.472 e. The molecule has 8 N–H and O–H groups in total. The van der Waals surface area contributed by atoms with E-state index < -0.39 is 91.3 Å². The first kappa shape index (κ1) is 56.1. The number of phosphoric acid groups is 3. The Morgan fingerprint density at radius 2 is 0.984 bits per heavy atom. The quantitative estimate of drug-likeness (QED) is 0.0203. The maximum atomic E-state index is 13.0. The number of hydrogen-bond acceptors (Lipinski definition) is 14. The minimum Gasteiger partial charge on any atom is -0.456 e. The third kappa shape index (κ3) is 27.2. The summed E-state index contributed by atoms with van der Waals surface area (Å²) >= 11 is 0. The van der Waals surface area contributed by atoms with Gasteiger partial charge in [0.05, 0.1) is 6.61 Å². The number of aliphatic hydroxyl groups excluding tert-OH is 3. The Bertz CT molecular complexity index is 2020. The average Bonchev–Trinajstić information content (AvgIpc) is 3.19. The fourth-order valence-electron chi connectivity index (χ4n) is 5.47. The standard InChI is InChI=1S/C40H51O19P3/c1-3-5-7-9-11-13-15-17-19-21-23-25-27-29-34(42)56-32(30-54-33(41)28-26-24-22-20-18-16-14-12-10-8-6-4-2)31-55-62(52,53)59-38-35(43)36(44)39(57-60(46,47)48)40(37(38)45)58-61(49,50)51/h2,32,35-40,43-45H,3,5,7,9,11,13,15,17,19,21,23,25,27,29-31H2,1H3,(H,52,53)(H2,46,47,48)(H2,49,50,51)/t32-,35-,36+,37?,38?,39?,40-/m1/s1. The van der Waals surface area contributed by atoms with E-state index in [1.807, 2.05) is 5.92 Å². The van der Waals surface area contributed by atoms with Crippen molar-refractivity contribution in [2.75, 3.05) is 13.2 Å². The summed E-state index contributed by atoms with van der Waals surface area (Å²) < 4.78 is 64.5. The lowest BCUT2D eigenvalue weighted by atomic mass is 9.85. The number of terminal acetylenes is 1. The first-order valence-corrected chi connectivity index (χ1v) is 23.9. The van der Waals surface area contributed by atoms with Gasteiger partial charge in [-0.2, -0.15) is 0 Å². The minimum absolute atomic E-state index is 0.0834. The highest BCUT2D eigenvalue weighted by Gasteiger charge is 2.56. The molecular formula is C40H51O19P3. The van der Waals surface area contributed by atoms with Gasteiger partial charge in [0.1, 0.15) is 43.2 Å². The molecule has 0 aliphatic heterocycles. The van der Waals surface area contributed by atoms with Gasteiger partial charge in [-0.15, -0.1) is 6.42 Å². The summed E-state index contributed by atoms with van der Waals surface area (Å²) in [5, 5.41) is 31.7. The number of esters is 2. The zero-order valence-corrected chi connectivity index (χ0v) is 36.5. The van der Waals surface area contributed by atoms with Gasteiger partial charge in [0, 0.05) is 12.3 Å². The van der Waals surface area contributed by atoms with Crippen molar-refractivity contribution in [1.29, 1.82) is 0 Å². The fourth-order valence-corrected chi connectivity index (χ4v) is 7.56. The number of phosphoric ester groups is 3. The third-order valence-corrected chi connectivity index (χ3v) is 10.3. The van der Waals surface area contributed by atoms with E-state index in [9.17, 15) is 63.1 Å². The summed E-state index contributed by atoms with van der Waals surface area (Å²) in [6.07, 6.45) is 1.86. The highest BCUT2D eigenvalue weighted by atomic mass is 31.2. The molecule has 0 saturated heterocycles. The maximum Gasteiger partial charge on any atom is 0.472 e. The van der Waals surface area contributed by atoms with Crippen LogP contribution in [0.15, 0.2) is 0 Å². The van der Waals surface area contributed by atoms with Gasteiger partial charge in [0.15, 0.2) is 6.10 Å². The second kappa shape index (κ2) is 31.0. The highest BCUT2D eigenvalue weighted by molar-refractivity contribution is 7.47. The lowest BCUT2D eigenvalue weighted by molar-refractivity contribution is -0.213. The molecule has 0 heterocycles. The number of carbonyl (C=O) groups is 2. The van der Waals surface area contributed by atoms with E-state index in [1.54, 1.807) is 0 Å². The number of rotatable bonds is 26. The molecule has 1 aliphatic rings. The number of hydrogen-bond donors (Lipinski definition) is 8. The van der Waals surface area contributed by atoms with Crippen LogP contribution >= 0.6 is 23.5 Å². The van der Waals surface area contributed by atoms with Crippen LogP contribution in [0.1, 0.15) is 96.8 Å². The van der Waals surface area contributed by atoms with Crippen molar-refractivity contribution < 1.29 is 90.6 Å². The number of carbonyl (C=O) groups excluding carboxylic acids is 2. The molecule has 0 amide bonds. The summed E-state index contributed by atoms with van der Waals surface area (Å²) in [5.41, 5.74) is 0. The molecule has 1 fully saturated rings. The SMILES string of the molecule is C#CC#CC#CC#CC#CC#CC#CC(=O)OC[C@H](COP(=O)(O)OC1C(O)[C@@H](OP(=O)(O)O)C(OP(=O)(O)O)[C@@H](O)[C@H]1O)OC(=O)CCCCCCCCCCCCCCC. The molecule has 0 bridgehead atoms. The average molecular weight is 929 g/mol. The molecule has 0 radical (unpaired) electrons. The molecule has 8 atom stereocenters. The minimum atomic E-state index is -5.63. The van der Waals surface area contributed by atoms with E-state index in [-0.39, 0.29) is 6.42 Å². The van der Waals surface area contributed by atoms with Crippen LogP contribution in [0.4, 0.5) is 0 Å². The molecule has 0 aromatic rings. The highest BCUT2D eigenvalue weighted by Crippen LogP contribution is 2.51. The molecule has 0 aromatic carbocycles. The topological polar surface area (TPSA) is 303 Å². The Hall–Kier alpha value is -3.93. The fraction of sp³-hybridized carbons (Fsp3) is 0.600. The van der Waals surface area contributed by atoms with E-state index in [0.29, 0.717) is 12.8 Å². The smallest absolute Gasteiger partial charge is 0.456 e. The van der Waals surface area contributed by atoms with Crippen LogP contribution in [0.25, 0.3) is 0 Å². The first-order chi connectivity index (χ1) is 29.3. The summed E-state index contributed by atoms with van der Waals surface area (Å²) in [7, 11) is -16.7. The van der Waals surface area contributed by atoms with Crippen molar-refractivity contribution in [3.63, 3.8) is 0 Å². The van der Waals surface area contributed by atoms with E-state index >= 15 is 0 Å². The third-order valence-electron chi connectivity index (χ3n) is 8.26. The van der Waals surface area contributed by atoms with Gasteiger partial charge in [-0.3, -0.25) is 22.9 Å². The molecule has 1 saturated carbocycles. The molecule has 0 spiro atoms. The molecule has 340 valence electrons. The predicted molar refractivity (Wildman–Crippen MR) is 219 cm³/mol. The van der Waals surface area contributed by atoms with Gasteiger partial charge in [0.2, 0.25) is 0 Å². The maximum absolute atomic E-state index is 13.0. The first-order valence-electron chi connectivity index (χ1n) is 19.3. The van der Waals surface area contributed by atoms with E-state index in [2.05, 4.69) is 87.0 Å². The molecule has 0 aromatic heterocycles. The van der Waals surface area contributed by atoms with Gasteiger partial charge < -0.3 is 49.3 Å². The molecule has 22 heteroatoms. The molecule has 19 nitrogen and oxygen atoms in total. The normalized spacial score (nSPS) is 20.6. The number of aliphatic hydroxyl groups is 3.